The molecule has 1 fully saturated rings. The van der Waals surface area contributed by atoms with Gasteiger partial charge in [0.2, 0.25) is 0 Å². The van der Waals surface area contributed by atoms with Gasteiger partial charge in [0.25, 0.3) is 0 Å². The maximum Gasteiger partial charge on any atom is 0.132 e. The Morgan fingerprint density at radius 3 is 3.08 bits per heavy atom. The van der Waals surface area contributed by atoms with Gasteiger partial charge in [-0.2, -0.15) is 0 Å². The Hall–Kier alpha value is -1.70. The van der Waals surface area contributed by atoms with Gasteiger partial charge < -0.3 is 15.8 Å². The van der Waals surface area contributed by atoms with E-state index in [2.05, 4.69) is 44.6 Å². The van der Waals surface area contributed by atoms with Crippen LogP contribution in [0.2, 0.25) is 0 Å². The van der Waals surface area contributed by atoms with Crippen LogP contribution in [0.25, 0.3) is 0 Å². The summed E-state index contributed by atoms with van der Waals surface area (Å²) in [5.41, 5.74) is 5.88. The number of thiophene rings is 1. The minimum absolute atomic E-state index is 0.266. The highest BCUT2D eigenvalue weighted by Crippen LogP contribution is 2.27. The third kappa shape index (κ3) is 4.23. The number of aryl methyl sites for hydroxylation is 1. The zero-order valence-electron chi connectivity index (χ0n) is 14.2. The van der Waals surface area contributed by atoms with Gasteiger partial charge in [0.15, 0.2) is 0 Å². The van der Waals surface area contributed by atoms with Crippen molar-refractivity contribution in [2.24, 2.45) is 0 Å². The van der Waals surface area contributed by atoms with Crippen LogP contribution in [0, 0.1) is 0 Å². The Balaban J connectivity index is 1.74. The maximum atomic E-state index is 5.88. The summed E-state index contributed by atoms with van der Waals surface area (Å²) < 4.78 is 5.69. The van der Waals surface area contributed by atoms with Crippen molar-refractivity contribution in [2.75, 3.05) is 37.3 Å². The Bertz CT molecular complexity index is 648. The minimum atomic E-state index is 0.266. The van der Waals surface area contributed by atoms with Gasteiger partial charge in [-0.05, 0) is 18.4 Å². The molecule has 2 aromatic rings. The maximum absolute atomic E-state index is 5.88. The Morgan fingerprint density at radius 1 is 1.50 bits per heavy atom. The summed E-state index contributed by atoms with van der Waals surface area (Å²) in [4.78, 5) is 12.6. The van der Waals surface area contributed by atoms with E-state index in [-0.39, 0.29) is 6.10 Å². The highest BCUT2D eigenvalue weighted by atomic mass is 32.1. The smallest absolute Gasteiger partial charge is 0.132 e. The number of morpholine rings is 1. The third-order valence-electron chi connectivity index (χ3n) is 4.17. The van der Waals surface area contributed by atoms with E-state index in [1.165, 1.54) is 4.88 Å². The van der Waals surface area contributed by atoms with Crippen LogP contribution >= 0.6 is 11.3 Å². The fourth-order valence-corrected chi connectivity index (χ4v) is 3.85. The van der Waals surface area contributed by atoms with E-state index in [4.69, 9.17) is 10.5 Å². The van der Waals surface area contributed by atoms with Gasteiger partial charge in [0.05, 0.1) is 18.8 Å². The predicted octanol–water partition coefficient (Wildman–Crippen LogP) is 2.56. The minimum Gasteiger partial charge on any atom is -0.384 e. The lowest BCUT2D eigenvalue weighted by atomic mass is 10.1. The lowest BCUT2D eigenvalue weighted by molar-refractivity contribution is -0.0322. The molecule has 0 unspecified atom stereocenters. The third-order valence-corrected chi connectivity index (χ3v) is 5.14. The molecular weight excluding hydrogens is 322 g/mol. The number of anilines is 2. The van der Waals surface area contributed by atoms with Gasteiger partial charge in [-0.15, -0.1) is 11.3 Å². The first-order chi connectivity index (χ1) is 11.7. The Morgan fingerprint density at radius 2 is 2.38 bits per heavy atom. The molecule has 3 rings (SSSR count). The molecule has 0 saturated carbocycles. The molecule has 3 N–H and O–H groups in total. The summed E-state index contributed by atoms with van der Waals surface area (Å²) in [6, 6.07) is 6.40. The summed E-state index contributed by atoms with van der Waals surface area (Å²) in [6.45, 7) is 7.61. The van der Waals surface area contributed by atoms with E-state index in [0.29, 0.717) is 11.9 Å². The second-order valence-corrected chi connectivity index (χ2v) is 7.02. The molecule has 7 heteroatoms. The molecule has 2 atom stereocenters. The monoisotopic (exact) mass is 347 g/mol. The van der Waals surface area contributed by atoms with Crippen LogP contribution in [0.3, 0.4) is 0 Å². The highest BCUT2D eigenvalue weighted by molar-refractivity contribution is 7.10. The van der Waals surface area contributed by atoms with Crippen molar-refractivity contribution in [2.45, 2.75) is 32.4 Å². The zero-order chi connectivity index (χ0) is 16.9. The number of aromatic nitrogens is 2. The molecule has 0 bridgehead atoms. The van der Waals surface area contributed by atoms with Crippen molar-refractivity contribution in [3.8, 4) is 0 Å². The molecule has 0 amide bonds. The van der Waals surface area contributed by atoms with E-state index in [0.717, 1.165) is 44.3 Å². The van der Waals surface area contributed by atoms with Crippen molar-refractivity contribution in [1.29, 1.82) is 0 Å². The van der Waals surface area contributed by atoms with Crippen molar-refractivity contribution >= 4 is 23.0 Å². The summed E-state index contributed by atoms with van der Waals surface area (Å²) in [7, 11) is 0. The van der Waals surface area contributed by atoms with Crippen LogP contribution in [-0.2, 0) is 11.2 Å². The van der Waals surface area contributed by atoms with E-state index < -0.39 is 0 Å². The summed E-state index contributed by atoms with van der Waals surface area (Å²) in [5.74, 6) is 2.07. The van der Waals surface area contributed by atoms with Crippen molar-refractivity contribution in [3.05, 3.63) is 34.3 Å². The lowest BCUT2D eigenvalue weighted by Crippen LogP contribution is -2.44. The molecule has 2 aromatic heterocycles. The van der Waals surface area contributed by atoms with Gasteiger partial charge in [-0.25, -0.2) is 9.97 Å². The number of nitrogen functional groups attached to an aromatic ring is 1. The number of hydrogen-bond acceptors (Lipinski definition) is 7. The highest BCUT2D eigenvalue weighted by Gasteiger charge is 2.26. The average molecular weight is 347 g/mol. The fraction of sp³-hybridized carbons (Fsp3) is 0.529. The SMILES string of the molecule is CCc1nc(N)cc(NC[C@H](c2cccs2)N2CCO[C@H](C)C2)n1. The van der Waals surface area contributed by atoms with Crippen LogP contribution in [0.15, 0.2) is 23.6 Å². The molecule has 24 heavy (non-hydrogen) atoms. The molecule has 1 aliphatic rings. The summed E-state index contributed by atoms with van der Waals surface area (Å²) >= 11 is 1.79. The van der Waals surface area contributed by atoms with Crippen LogP contribution in [0.5, 0.6) is 0 Å². The standard InChI is InChI=1S/C17H25N5OS/c1-3-16-20-15(18)9-17(21-16)19-10-13(14-5-4-8-24-14)22-6-7-23-12(2)11-22/h4-5,8-9,12-13H,3,6-7,10-11H2,1-2H3,(H3,18,19,20,21)/t12-,13-/m1/s1. The van der Waals surface area contributed by atoms with Gasteiger partial charge in [-0.3, -0.25) is 4.90 Å². The Kier molecular flexibility index (Phi) is 5.65. The molecule has 3 heterocycles. The molecule has 1 aliphatic heterocycles. The first kappa shape index (κ1) is 17.1. The van der Waals surface area contributed by atoms with Gasteiger partial charge in [0, 0.05) is 37.0 Å². The predicted molar refractivity (Wildman–Crippen MR) is 98.4 cm³/mol. The largest absolute Gasteiger partial charge is 0.384 e. The van der Waals surface area contributed by atoms with Crippen LogP contribution in [0.4, 0.5) is 11.6 Å². The Labute approximate surface area is 147 Å². The lowest BCUT2D eigenvalue weighted by Gasteiger charge is -2.37. The number of nitrogens with two attached hydrogens (primary N) is 1. The van der Waals surface area contributed by atoms with Crippen LogP contribution in [-0.4, -0.2) is 47.2 Å². The van der Waals surface area contributed by atoms with Gasteiger partial charge >= 0.3 is 0 Å². The first-order valence-electron chi connectivity index (χ1n) is 8.42. The zero-order valence-corrected chi connectivity index (χ0v) is 15.1. The summed E-state index contributed by atoms with van der Waals surface area (Å²) in [5, 5.41) is 5.58. The molecule has 0 aromatic carbocycles. The van der Waals surface area contributed by atoms with E-state index >= 15 is 0 Å². The number of nitrogens with zero attached hydrogens (tertiary/aromatic N) is 3. The first-order valence-corrected chi connectivity index (χ1v) is 9.30. The molecule has 1 saturated heterocycles. The van der Waals surface area contributed by atoms with Gasteiger partial charge in [0.1, 0.15) is 17.5 Å². The van der Waals surface area contributed by atoms with E-state index in [1.54, 1.807) is 17.4 Å². The average Bonchev–Trinajstić information content (AvgIpc) is 3.09. The van der Waals surface area contributed by atoms with Crippen molar-refractivity contribution < 1.29 is 4.74 Å². The number of rotatable bonds is 6. The molecule has 0 spiro atoms. The quantitative estimate of drug-likeness (QED) is 0.836. The molecule has 6 nitrogen and oxygen atoms in total. The van der Waals surface area contributed by atoms with Gasteiger partial charge in [-0.1, -0.05) is 13.0 Å². The number of hydrogen-bond donors (Lipinski definition) is 2. The summed E-state index contributed by atoms with van der Waals surface area (Å²) in [6.07, 6.45) is 1.04. The topological polar surface area (TPSA) is 76.3 Å². The fourth-order valence-electron chi connectivity index (χ4n) is 2.99. The number of nitrogens with one attached hydrogen (secondary N) is 1. The molecule has 0 aliphatic carbocycles. The van der Waals surface area contributed by atoms with Crippen molar-refractivity contribution in [3.63, 3.8) is 0 Å². The van der Waals surface area contributed by atoms with Crippen LogP contribution in [0.1, 0.15) is 30.6 Å². The second-order valence-electron chi connectivity index (χ2n) is 6.04. The van der Waals surface area contributed by atoms with E-state index in [1.807, 2.05) is 6.92 Å². The van der Waals surface area contributed by atoms with Crippen LogP contribution < -0.4 is 11.1 Å². The van der Waals surface area contributed by atoms with E-state index in [9.17, 15) is 0 Å². The molecule has 0 radical (unpaired) electrons. The number of ether oxygens (including phenoxy) is 1. The molecule has 130 valence electrons. The van der Waals surface area contributed by atoms with Crippen molar-refractivity contribution in [1.82, 2.24) is 14.9 Å². The second kappa shape index (κ2) is 7.92. The molecular formula is C17H25N5OS. The normalized spacial score (nSPS) is 20.0.